The molecule has 0 bridgehead atoms. The molecule has 2 amide bonds. The third-order valence-corrected chi connectivity index (χ3v) is 6.30. The quantitative estimate of drug-likeness (QED) is 0.623. The SMILES string of the molecule is CCn1c2ccccc2c2cc(NC(=O)CN3CC4C(C3)C4NC(=O)O)ccc21. The monoisotopic (exact) mass is 392 g/mol. The Morgan fingerprint density at radius 3 is 2.52 bits per heavy atom. The fraction of sp³-hybridized carbons (Fsp3) is 0.364. The molecule has 0 radical (unpaired) electrons. The van der Waals surface area contributed by atoms with E-state index in [-0.39, 0.29) is 11.9 Å². The number of likely N-dealkylation sites (tertiary alicyclic amines) is 1. The zero-order valence-corrected chi connectivity index (χ0v) is 16.3. The summed E-state index contributed by atoms with van der Waals surface area (Å²) >= 11 is 0. The fourth-order valence-electron chi connectivity index (χ4n) is 4.98. The second-order valence-corrected chi connectivity index (χ2v) is 8.04. The van der Waals surface area contributed by atoms with Crippen molar-refractivity contribution >= 4 is 39.5 Å². The van der Waals surface area contributed by atoms with Crippen molar-refractivity contribution in [3.05, 3.63) is 42.5 Å². The molecule has 5 rings (SSSR count). The lowest BCUT2D eigenvalue weighted by molar-refractivity contribution is -0.117. The van der Waals surface area contributed by atoms with Crippen LogP contribution in [0, 0.1) is 11.8 Å². The number of hydrogen-bond donors (Lipinski definition) is 3. The molecule has 1 aromatic heterocycles. The Hall–Kier alpha value is -3.06. The summed E-state index contributed by atoms with van der Waals surface area (Å²) in [4.78, 5) is 25.4. The van der Waals surface area contributed by atoms with Crippen LogP contribution in [0.25, 0.3) is 21.8 Å². The Morgan fingerprint density at radius 1 is 1.07 bits per heavy atom. The molecule has 29 heavy (non-hydrogen) atoms. The van der Waals surface area contributed by atoms with Gasteiger partial charge in [0.15, 0.2) is 0 Å². The van der Waals surface area contributed by atoms with Crippen LogP contribution in [0.5, 0.6) is 0 Å². The number of anilines is 1. The number of rotatable bonds is 5. The molecule has 7 heteroatoms. The van der Waals surface area contributed by atoms with Crippen molar-refractivity contribution in [2.45, 2.75) is 19.5 Å². The first-order valence-electron chi connectivity index (χ1n) is 10.1. The van der Waals surface area contributed by atoms with Gasteiger partial charge in [-0.1, -0.05) is 18.2 Å². The van der Waals surface area contributed by atoms with E-state index in [2.05, 4.69) is 51.3 Å². The fourth-order valence-corrected chi connectivity index (χ4v) is 4.98. The maximum atomic E-state index is 12.5. The van der Waals surface area contributed by atoms with E-state index < -0.39 is 6.09 Å². The van der Waals surface area contributed by atoms with Gasteiger partial charge in [0, 0.05) is 53.2 Å². The highest BCUT2D eigenvalue weighted by Gasteiger charge is 2.56. The van der Waals surface area contributed by atoms with E-state index in [0.29, 0.717) is 18.4 Å². The molecule has 1 saturated heterocycles. The maximum absolute atomic E-state index is 12.5. The minimum atomic E-state index is -0.964. The number of para-hydroxylation sites is 1. The molecule has 1 saturated carbocycles. The zero-order chi connectivity index (χ0) is 20.1. The molecule has 2 fully saturated rings. The number of amides is 2. The molecule has 7 nitrogen and oxygen atoms in total. The van der Waals surface area contributed by atoms with E-state index in [4.69, 9.17) is 5.11 Å². The molecule has 0 spiro atoms. The van der Waals surface area contributed by atoms with Gasteiger partial charge in [0.05, 0.1) is 6.54 Å². The summed E-state index contributed by atoms with van der Waals surface area (Å²) < 4.78 is 2.29. The summed E-state index contributed by atoms with van der Waals surface area (Å²) in [6, 6.07) is 14.5. The van der Waals surface area contributed by atoms with Gasteiger partial charge in [0.1, 0.15) is 0 Å². The van der Waals surface area contributed by atoms with E-state index in [9.17, 15) is 9.59 Å². The first-order valence-corrected chi connectivity index (χ1v) is 10.1. The number of hydrogen-bond acceptors (Lipinski definition) is 3. The van der Waals surface area contributed by atoms with Gasteiger partial charge in [0.25, 0.3) is 0 Å². The highest BCUT2D eigenvalue weighted by atomic mass is 16.4. The van der Waals surface area contributed by atoms with E-state index in [1.54, 1.807) is 0 Å². The summed E-state index contributed by atoms with van der Waals surface area (Å²) in [5.41, 5.74) is 3.17. The van der Waals surface area contributed by atoms with Crippen LogP contribution < -0.4 is 10.6 Å². The Bertz CT molecular complexity index is 1110. The molecular formula is C22H24N4O3. The first kappa shape index (κ1) is 18.0. The van der Waals surface area contributed by atoms with E-state index in [1.165, 1.54) is 16.4 Å². The lowest BCUT2D eigenvalue weighted by Crippen LogP contribution is -2.37. The van der Waals surface area contributed by atoms with Crippen LogP contribution in [0.3, 0.4) is 0 Å². The van der Waals surface area contributed by atoms with E-state index in [0.717, 1.165) is 30.7 Å². The van der Waals surface area contributed by atoms with Crippen LogP contribution in [0.4, 0.5) is 10.5 Å². The molecule has 2 atom stereocenters. The maximum Gasteiger partial charge on any atom is 0.404 e. The molecule has 2 heterocycles. The Balaban J connectivity index is 1.27. The van der Waals surface area contributed by atoms with Crippen LogP contribution in [0.2, 0.25) is 0 Å². The summed E-state index contributed by atoms with van der Waals surface area (Å²) in [7, 11) is 0. The number of benzene rings is 2. The van der Waals surface area contributed by atoms with E-state index >= 15 is 0 Å². The van der Waals surface area contributed by atoms with Gasteiger partial charge in [-0.2, -0.15) is 0 Å². The summed E-state index contributed by atoms with van der Waals surface area (Å²) in [5, 5.41) is 16.7. The third-order valence-electron chi connectivity index (χ3n) is 6.30. The number of carboxylic acid groups (broad SMARTS) is 1. The number of aryl methyl sites for hydroxylation is 1. The zero-order valence-electron chi connectivity index (χ0n) is 16.3. The first-order chi connectivity index (χ1) is 14.0. The van der Waals surface area contributed by atoms with Crippen molar-refractivity contribution in [2.75, 3.05) is 25.0 Å². The highest BCUT2D eigenvalue weighted by molar-refractivity contribution is 6.09. The van der Waals surface area contributed by atoms with Crippen molar-refractivity contribution in [1.29, 1.82) is 0 Å². The smallest absolute Gasteiger partial charge is 0.404 e. The predicted octanol–water partition coefficient (Wildman–Crippen LogP) is 2.95. The van der Waals surface area contributed by atoms with E-state index in [1.807, 2.05) is 18.2 Å². The molecule has 150 valence electrons. The summed E-state index contributed by atoms with van der Waals surface area (Å²) in [6.45, 7) is 4.91. The molecule has 3 aromatic rings. The summed E-state index contributed by atoms with van der Waals surface area (Å²) in [6.07, 6.45) is -0.964. The van der Waals surface area contributed by atoms with Crippen molar-refractivity contribution in [2.24, 2.45) is 11.8 Å². The average molecular weight is 392 g/mol. The Labute approximate surface area is 168 Å². The number of fused-ring (bicyclic) bond motifs is 4. The van der Waals surface area contributed by atoms with Gasteiger partial charge < -0.3 is 20.3 Å². The van der Waals surface area contributed by atoms with Crippen molar-refractivity contribution < 1.29 is 14.7 Å². The lowest BCUT2D eigenvalue weighted by Gasteiger charge is -2.19. The molecule has 2 aromatic carbocycles. The van der Waals surface area contributed by atoms with Crippen molar-refractivity contribution in [3.63, 3.8) is 0 Å². The van der Waals surface area contributed by atoms with Crippen LogP contribution in [0.15, 0.2) is 42.5 Å². The van der Waals surface area contributed by atoms with Crippen LogP contribution >= 0.6 is 0 Å². The largest absolute Gasteiger partial charge is 0.465 e. The molecule has 2 aliphatic rings. The normalized spacial score (nSPS) is 23.3. The van der Waals surface area contributed by atoms with Gasteiger partial charge >= 0.3 is 6.09 Å². The predicted molar refractivity (Wildman–Crippen MR) is 112 cm³/mol. The second-order valence-electron chi connectivity index (χ2n) is 8.04. The van der Waals surface area contributed by atoms with Crippen LogP contribution in [0.1, 0.15) is 6.92 Å². The number of nitrogens with zero attached hydrogens (tertiary/aromatic N) is 2. The van der Waals surface area contributed by atoms with Gasteiger partial charge in [-0.05, 0) is 43.0 Å². The number of piperidine rings is 1. The van der Waals surface area contributed by atoms with Crippen molar-refractivity contribution in [1.82, 2.24) is 14.8 Å². The lowest BCUT2D eigenvalue weighted by atomic mass is 10.1. The van der Waals surface area contributed by atoms with Gasteiger partial charge in [-0.15, -0.1) is 0 Å². The van der Waals surface area contributed by atoms with Crippen molar-refractivity contribution in [3.8, 4) is 0 Å². The topological polar surface area (TPSA) is 86.6 Å². The van der Waals surface area contributed by atoms with Gasteiger partial charge in [0.2, 0.25) is 5.91 Å². The van der Waals surface area contributed by atoms with Crippen LogP contribution in [-0.2, 0) is 11.3 Å². The molecular weight excluding hydrogens is 368 g/mol. The average Bonchev–Trinajstić information content (AvgIpc) is 3.04. The number of nitrogens with one attached hydrogen (secondary N) is 2. The number of carbonyl (C=O) groups is 2. The summed E-state index contributed by atoms with van der Waals surface area (Å²) in [5.74, 6) is 0.651. The molecule has 2 unspecified atom stereocenters. The van der Waals surface area contributed by atoms with Gasteiger partial charge in [-0.3, -0.25) is 9.69 Å². The van der Waals surface area contributed by atoms with Crippen LogP contribution in [-0.4, -0.2) is 52.3 Å². The van der Waals surface area contributed by atoms with Gasteiger partial charge in [-0.25, -0.2) is 4.79 Å². The molecule has 3 N–H and O–H groups in total. The number of carbonyl (C=O) groups excluding carboxylic acids is 1. The Kier molecular flexibility index (Phi) is 4.20. The highest BCUT2D eigenvalue weighted by Crippen LogP contribution is 2.45. The Morgan fingerprint density at radius 2 is 1.79 bits per heavy atom. The standard InChI is InChI=1S/C22H24N4O3/c1-2-26-18-6-4-3-5-14(18)15-9-13(7-8-19(15)26)23-20(27)12-25-10-16-17(11-25)21(16)24-22(28)29/h3-9,16-17,21,24H,2,10-12H2,1H3,(H,23,27)(H,28,29). The third kappa shape index (κ3) is 3.11. The molecule has 1 aliphatic carbocycles. The second kappa shape index (κ2) is 6.77. The minimum absolute atomic E-state index is 0.0346. The minimum Gasteiger partial charge on any atom is -0.465 e. The molecule has 1 aliphatic heterocycles. The number of aromatic nitrogens is 1.